The van der Waals surface area contributed by atoms with E-state index in [0.29, 0.717) is 0 Å². The summed E-state index contributed by atoms with van der Waals surface area (Å²) in [6, 6.07) is 7.89. The molecule has 1 rings (SSSR count). The number of benzene rings is 1. The molecule has 1 unspecified atom stereocenters. The van der Waals surface area contributed by atoms with Gasteiger partial charge in [-0.1, -0.05) is 50.6 Å². The fourth-order valence-corrected chi connectivity index (χ4v) is 1.97. The van der Waals surface area contributed by atoms with Crippen molar-refractivity contribution in [1.82, 2.24) is 4.90 Å². The van der Waals surface area contributed by atoms with Crippen molar-refractivity contribution in [3.63, 3.8) is 0 Å². The van der Waals surface area contributed by atoms with Crippen LogP contribution in [0.15, 0.2) is 24.3 Å². The van der Waals surface area contributed by atoms with Gasteiger partial charge in [0.25, 0.3) is 0 Å². The summed E-state index contributed by atoms with van der Waals surface area (Å²) >= 11 is 6.13. The zero-order valence-electron chi connectivity index (χ0n) is 11.8. The fraction of sp³-hybridized carbons (Fsp3) is 0.600. The standard InChI is InChI=1S/C15H24ClNO/c1-15(2,3)14(18)9-10-17(4)11-12-7-5-6-8-13(12)16/h5-8,14,18H,9-11H2,1-4H3. The van der Waals surface area contributed by atoms with Crippen molar-refractivity contribution in [2.45, 2.75) is 39.8 Å². The Morgan fingerprint density at radius 2 is 1.89 bits per heavy atom. The molecule has 0 amide bonds. The summed E-state index contributed by atoms with van der Waals surface area (Å²) in [5.74, 6) is 0. The first-order valence-electron chi connectivity index (χ1n) is 6.40. The van der Waals surface area contributed by atoms with E-state index in [9.17, 15) is 5.11 Å². The Labute approximate surface area is 116 Å². The van der Waals surface area contributed by atoms with Crippen LogP contribution in [0.2, 0.25) is 5.02 Å². The van der Waals surface area contributed by atoms with Crippen LogP contribution in [-0.4, -0.2) is 29.7 Å². The number of hydrogen-bond donors (Lipinski definition) is 1. The highest BCUT2D eigenvalue weighted by molar-refractivity contribution is 6.31. The monoisotopic (exact) mass is 269 g/mol. The maximum Gasteiger partial charge on any atom is 0.0600 e. The molecule has 0 aromatic heterocycles. The molecule has 0 saturated heterocycles. The molecule has 0 saturated carbocycles. The lowest BCUT2D eigenvalue weighted by Crippen LogP contribution is -2.31. The van der Waals surface area contributed by atoms with Crippen LogP contribution >= 0.6 is 11.6 Å². The zero-order chi connectivity index (χ0) is 13.8. The Balaban J connectivity index is 2.43. The van der Waals surface area contributed by atoms with Gasteiger partial charge in [0.1, 0.15) is 0 Å². The van der Waals surface area contributed by atoms with Gasteiger partial charge in [0.2, 0.25) is 0 Å². The molecule has 1 atom stereocenters. The van der Waals surface area contributed by atoms with Gasteiger partial charge >= 0.3 is 0 Å². The lowest BCUT2D eigenvalue weighted by Gasteiger charge is -2.27. The third-order valence-electron chi connectivity index (χ3n) is 3.18. The predicted octanol–water partition coefficient (Wildman–Crippen LogP) is 3.57. The van der Waals surface area contributed by atoms with Crippen molar-refractivity contribution >= 4 is 11.6 Å². The molecule has 0 radical (unpaired) electrons. The van der Waals surface area contributed by atoms with Crippen LogP contribution in [-0.2, 0) is 6.54 Å². The molecule has 1 aromatic carbocycles. The van der Waals surface area contributed by atoms with Crippen LogP contribution < -0.4 is 0 Å². The van der Waals surface area contributed by atoms with E-state index in [2.05, 4.69) is 32.7 Å². The van der Waals surface area contributed by atoms with E-state index >= 15 is 0 Å². The number of nitrogens with zero attached hydrogens (tertiary/aromatic N) is 1. The second kappa shape index (κ2) is 6.55. The van der Waals surface area contributed by atoms with E-state index in [0.717, 1.165) is 30.1 Å². The molecule has 0 fully saturated rings. The van der Waals surface area contributed by atoms with Gasteiger partial charge in [0, 0.05) is 18.1 Å². The summed E-state index contributed by atoms with van der Waals surface area (Å²) in [5, 5.41) is 10.8. The summed E-state index contributed by atoms with van der Waals surface area (Å²) < 4.78 is 0. The van der Waals surface area contributed by atoms with Crippen molar-refractivity contribution in [3.05, 3.63) is 34.9 Å². The Morgan fingerprint density at radius 1 is 1.28 bits per heavy atom. The van der Waals surface area contributed by atoms with Gasteiger partial charge in [-0.05, 0) is 30.5 Å². The molecule has 0 aliphatic rings. The summed E-state index contributed by atoms with van der Waals surface area (Å²) in [5.41, 5.74) is 1.08. The molecule has 1 aromatic rings. The summed E-state index contributed by atoms with van der Waals surface area (Å²) in [4.78, 5) is 2.19. The minimum Gasteiger partial charge on any atom is -0.393 e. The average molecular weight is 270 g/mol. The quantitative estimate of drug-likeness (QED) is 0.883. The maximum absolute atomic E-state index is 10.0. The number of aliphatic hydroxyl groups is 1. The normalized spacial score (nSPS) is 13.9. The molecule has 0 heterocycles. The van der Waals surface area contributed by atoms with Crippen molar-refractivity contribution < 1.29 is 5.11 Å². The third-order valence-corrected chi connectivity index (χ3v) is 3.55. The molecule has 2 nitrogen and oxygen atoms in total. The molecule has 0 spiro atoms. The Morgan fingerprint density at radius 3 is 2.44 bits per heavy atom. The van der Waals surface area contributed by atoms with Gasteiger partial charge in [0.05, 0.1) is 6.10 Å². The highest BCUT2D eigenvalue weighted by Crippen LogP contribution is 2.22. The van der Waals surface area contributed by atoms with E-state index < -0.39 is 0 Å². The SMILES string of the molecule is CN(CCC(O)C(C)(C)C)Cc1ccccc1Cl. The molecule has 0 aliphatic heterocycles. The Kier molecular flexibility index (Phi) is 5.64. The molecular weight excluding hydrogens is 246 g/mol. The van der Waals surface area contributed by atoms with Gasteiger partial charge < -0.3 is 10.0 Å². The lowest BCUT2D eigenvalue weighted by atomic mass is 9.87. The third kappa shape index (κ3) is 4.97. The van der Waals surface area contributed by atoms with E-state index in [-0.39, 0.29) is 11.5 Å². The first kappa shape index (κ1) is 15.5. The van der Waals surface area contributed by atoms with Crippen molar-refractivity contribution in [1.29, 1.82) is 0 Å². The van der Waals surface area contributed by atoms with Gasteiger partial charge in [0.15, 0.2) is 0 Å². The van der Waals surface area contributed by atoms with Crippen molar-refractivity contribution in [2.75, 3.05) is 13.6 Å². The van der Waals surface area contributed by atoms with Crippen LogP contribution in [0.4, 0.5) is 0 Å². The predicted molar refractivity (Wildman–Crippen MR) is 77.9 cm³/mol. The number of hydrogen-bond acceptors (Lipinski definition) is 2. The van der Waals surface area contributed by atoms with Crippen LogP contribution in [0.5, 0.6) is 0 Å². The highest BCUT2D eigenvalue weighted by atomic mass is 35.5. The van der Waals surface area contributed by atoms with E-state index in [1.807, 2.05) is 24.3 Å². The average Bonchev–Trinajstić information content (AvgIpc) is 2.27. The summed E-state index contributed by atoms with van der Waals surface area (Å²) in [6.07, 6.45) is 0.510. The number of rotatable bonds is 5. The van der Waals surface area contributed by atoms with Gasteiger partial charge in [-0.15, -0.1) is 0 Å². The van der Waals surface area contributed by atoms with Crippen LogP contribution in [0, 0.1) is 5.41 Å². The van der Waals surface area contributed by atoms with Crippen LogP contribution in [0.3, 0.4) is 0 Å². The highest BCUT2D eigenvalue weighted by Gasteiger charge is 2.21. The zero-order valence-corrected chi connectivity index (χ0v) is 12.5. The summed E-state index contributed by atoms with van der Waals surface area (Å²) in [6.45, 7) is 7.86. The topological polar surface area (TPSA) is 23.5 Å². The van der Waals surface area contributed by atoms with E-state index in [1.54, 1.807) is 0 Å². The van der Waals surface area contributed by atoms with Gasteiger partial charge in [-0.3, -0.25) is 0 Å². The smallest absolute Gasteiger partial charge is 0.0600 e. The van der Waals surface area contributed by atoms with Gasteiger partial charge in [-0.2, -0.15) is 0 Å². The fourth-order valence-electron chi connectivity index (χ4n) is 1.77. The minimum atomic E-state index is -0.272. The number of aliphatic hydroxyl groups excluding tert-OH is 1. The van der Waals surface area contributed by atoms with Crippen molar-refractivity contribution in [2.24, 2.45) is 5.41 Å². The first-order valence-corrected chi connectivity index (χ1v) is 6.78. The van der Waals surface area contributed by atoms with Crippen LogP contribution in [0.1, 0.15) is 32.8 Å². The van der Waals surface area contributed by atoms with E-state index in [4.69, 9.17) is 11.6 Å². The molecule has 0 bridgehead atoms. The molecule has 102 valence electrons. The van der Waals surface area contributed by atoms with Crippen LogP contribution in [0.25, 0.3) is 0 Å². The van der Waals surface area contributed by atoms with Gasteiger partial charge in [-0.25, -0.2) is 0 Å². The Bertz CT molecular complexity index is 373. The molecule has 18 heavy (non-hydrogen) atoms. The molecule has 0 aliphatic carbocycles. The number of halogens is 1. The first-order chi connectivity index (χ1) is 8.30. The molecule has 3 heteroatoms. The molecular formula is C15H24ClNO. The second-order valence-corrected chi connectivity index (χ2v) is 6.41. The molecule has 1 N–H and O–H groups in total. The summed E-state index contributed by atoms with van der Waals surface area (Å²) in [7, 11) is 2.05. The minimum absolute atomic E-state index is 0.0504. The Hall–Kier alpha value is -0.570. The lowest BCUT2D eigenvalue weighted by molar-refractivity contribution is 0.0473. The second-order valence-electron chi connectivity index (χ2n) is 6.00. The van der Waals surface area contributed by atoms with E-state index in [1.165, 1.54) is 0 Å². The maximum atomic E-state index is 10.0. The largest absolute Gasteiger partial charge is 0.393 e. The van der Waals surface area contributed by atoms with Crippen molar-refractivity contribution in [3.8, 4) is 0 Å².